The van der Waals surface area contributed by atoms with E-state index in [9.17, 15) is 19.2 Å². The van der Waals surface area contributed by atoms with Gasteiger partial charge in [0.2, 0.25) is 0 Å². The fourth-order valence-electron chi connectivity index (χ4n) is 2.87. The van der Waals surface area contributed by atoms with Gasteiger partial charge in [-0.3, -0.25) is 0 Å². The van der Waals surface area contributed by atoms with Crippen LogP contribution in [0.5, 0.6) is 11.5 Å². The number of benzene rings is 2. The molecule has 0 unspecified atom stereocenters. The predicted octanol–water partition coefficient (Wildman–Crippen LogP) is 3.39. The van der Waals surface area contributed by atoms with E-state index in [1.54, 1.807) is 0 Å². The molecule has 0 N–H and O–H groups in total. The Morgan fingerprint density at radius 3 is 1.30 bits per heavy atom. The quantitative estimate of drug-likeness (QED) is 0.607. The molecule has 0 amide bonds. The zero-order valence-corrected chi connectivity index (χ0v) is 13.7. The van der Waals surface area contributed by atoms with Crippen LogP contribution in [0.1, 0.15) is 52.6 Å². The molecule has 27 heavy (non-hydrogen) atoms. The summed E-state index contributed by atoms with van der Waals surface area (Å²) < 4.78 is 15.0. The molecular weight excluding hydrogens is 352 g/mol. The van der Waals surface area contributed by atoms with Crippen molar-refractivity contribution in [3.63, 3.8) is 0 Å². The Labute approximate surface area is 152 Å². The first-order chi connectivity index (χ1) is 12.9. The normalized spacial score (nSPS) is 14.4. The van der Waals surface area contributed by atoms with Gasteiger partial charge in [-0.25, -0.2) is 19.2 Å². The molecule has 2 heterocycles. The lowest BCUT2D eigenvalue weighted by molar-refractivity contribution is 0.0425. The standard InChI is InChI=1S/C20H10O7/c1-3-9-5-11-13(19(23)26-17(11)21)7-15(9)25-16-8-14-12(6-10(16)4-2)18(22)27-20(14)24/h3-8H,1-2H2. The molecule has 132 valence electrons. The number of rotatable bonds is 4. The van der Waals surface area contributed by atoms with Crippen LogP contribution in [0.4, 0.5) is 0 Å². The van der Waals surface area contributed by atoms with Crippen LogP contribution in [-0.2, 0) is 9.47 Å². The third-order valence-corrected chi connectivity index (χ3v) is 4.21. The van der Waals surface area contributed by atoms with Crippen molar-refractivity contribution >= 4 is 36.0 Å². The fraction of sp³-hybridized carbons (Fsp3) is 0. The van der Waals surface area contributed by atoms with Crippen molar-refractivity contribution < 1.29 is 33.4 Å². The summed E-state index contributed by atoms with van der Waals surface area (Å²) in [6.07, 6.45) is 2.90. The number of ether oxygens (including phenoxy) is 3. The van der Waals surface area contributed by atoms with Crippen LogP contribution in [0.2, 0.25) is 0 Å². The number of carbonyl (C=O) groups is 4. The van der Waals surface area contributed by atoms with Gasteiger partial charge >= 0.3 is 23.9 Å². The second-order valence-electron chi connectivity index (χ2n) is 5.74. The van der Waals surface area contributed by atoms with Crippen molar-refractivity contribution in [3.05, 3.63) is 70.8 Å². The second kappa shape index (κ2) is 5.77. The van der Waals surface area contributed by atoms with Gasteiger partial charge in [0, 0.05) is 11.1 Å². The van der Waals surface area contributed by atoms with Crippen molar-refractivity contribution in [2.24, 2.45) is 0 Å². The number of hydrogen-bond acceptors (Lipinski definition) is 7. The van der Waals surface area contributed by atoms with Gasteiger partial charge in [-0.05, 0) is 24.3 Å². The topological polar surface area (TPSA) is 96.0 Å². The monoisotopic (exact) mass is 362 g/mol. The Morgan fingerprint density at radius 2 is 0.963 bits per heavy atom. The van der Waals surface area contributed by atoms with Gasteiger partial charge in [-0.2, -0.15) is 0 Å². The number of carbonyl (C=O) groups excluding carboxylic acids is 4. The zero-order chi connectivity index (χ0) is 19.3. The molecule has 0 saturated heterocycles. The molecule has 7 heteroatoms. The lowest BCUT2D eigenvalue weighted by Crippen LogP contribution is -1.99. The molecule has 7 nitrogen and oxygen atoms in total. The highest BCUT2D eigenvalue weighted by atomic mass is 16.6. The van der Waals surface area contributed by atoms with Gasteiger partial charge in [0.25, 0.3) is 0 Å². The van der Waals surface area contributed by atoms with Crippen LogP contribution in [0, 0.1) is 0 Å². The first-order valence-corrected chi connectivity index (χ1v) is 7.74. The molecule has 0 atom stereocenters. The minimum absolute atomic E-state index is 0.0662. The molecule has 0 aliphatic carbocycles. The Kier molecular flexibility index (Phi) is 3.52. The molecule has 2 aliphatic rings. The summed E-state index contributed by atoms with van der Waals surface area (Å²) in [6.45, 7) is 7.34. The van der Waals surface area contributed by atoms with Gasteiger partial charge in [0.05, 0.1) is 22.3 Å². The van der Waals surface area contributed by atoms with Crippen molar-refractivity contribution in [2.45, 2.75) is 0 Å². The van der Waals surface area contributed by atoms with E-state index in [-0.39, 0.29) is 33.8 Å². The average Bonchev–Trinajstić information content (AvgIpc) is 3.08. The summed E-state index contributed by atoms with van der Waals surface area (Å²) in [4.78, 5) is 47.0. The average molecular weight is 362 g/mol. The van der Waals surface area contributed by atoms with E-state index in [4.69, 9.17) is 4.74 Å². The SMILES string of the molecule is C=Cc1cc2c(cc1Oc1cc3c(cc1C=C)C(=O)OC3=O)C(=O)OC2=O. The van der Waals surface area contributed by atoms with Crippen molar-refractivity contribution in [2.75, 3.05) is 0 Å². The predicted molar refractivity (Wildman–Crippen MR) is 92.6 cm³/mol. The molecule has 2 aromatic rings. The summed E-state index contributed by atoms with van der Waals surface area (Å²) in [5, 5.41) is 0. The third kappa shape index (κ3) is 2.44. The second-order valence-corrected chi connectivity index (χ2v) is 5.74. The summed E-state index contributed by atoms with van der Waals surface area (Å²) in [5.74, 6) is -2.59. The van der Waals surface area contributed by atoms with Crippen molar-refractivity contribution in [3.8, 4) is 11.5 Å². The van der Waals surface area contributed by atoms with E-state index in [0.717, 1.165) is 0 Å². The van der Waals surface area contributed by atoms with E-state index in [2.05, 4.69) is 22.6 Å². The Bertz CT molecular complexity index is 1020. The van der Waals surface area contributed by atoms with Crippen LogP contribution in [-0.4, -0.2) is 23.9 Å². The minimum atomic E-state index is -0.775. The van der Waals surface area contributed by atoms with Gasteiger partial charge in [0.1, 0.15) is 11.5 Å². The highest BCUT2D eigenvalue weighted by molar-refractivity contribution is 6.16. The van der Waals surface area contributed by atoms with Gasteiger partial charge in [-0.1, -0.05) is 25.3 Å². The molecule has 0 aromatic heterocycles. The molecule has 0 spiro atoms. The van der Waals surface area contributed by atoms with Crippen LogP contribution < -0.4 is 4.74 Å². The minimum Gasteiger partial charge on any atom is -0.456 e. The number of hydrogen-bond donors (Lipinski definition) is 0. The fourth-order valence-corrected chi connectivity index (χ4v) is 2.87. The first kappa shape index (κ1) is 16.5. The van der Waals surface area contributed by atoms with Crippen LogP contribution in [0.15, 0.2) is 37.4 Å². The van der Waals surface area contributed by atoms with Crippen LogP contribution in [0.3, 0.4) is 0 Å². The number of esters is 4. The Morgan fingerprint density at radius 1 is 0.630 bits per heavy atom. The highest BCUT2D eigenvalue weighted by Crippen LogP contribution is 2.36. The van der Waals surface area contributed by atoms with Gasteiger partial charge in [0.15, 0.2) is 0 Å². The molecule has 0 fully saturated rings. The van der Waals surface area contributed by atoms with E-state index in [1.165, 1.54) is 36.4 Å². The largest absolute Gasteiger partial charge is 0.456 e. The summed E-state index contributed by atoms with van der Waals surface area (Å²) >= 11 is 0. The molecule has 0 bridgehead atoms. The van der Waals surface area contributed by atoms with E-state index < -0.39 is 23.9 Å². The van der Waals surface area contributed by atoms with Crippen LogP contribution in [0.25, 0.3) is 12.2 Å². The van der Waals surface area contributed by atoms with E-state index in [0.29, 0.717) is 11.1 Å². The lowest BCUT2D eigenvalue weighted by Gasteiger charge is -2.13. The Balaban J connectivity index is 1.84. The maximum Gasteiger partial charge on any atom is 0.347 e. The van der Waals surface area contributed by atoms with Crippen LogP contribution >= 0.6 is 0 Å². The van der Waals surface area contributed by atoms with Crippen molar-refractivity contribution in [1.82, 2.24) is 0 Å². The number of fused-ring (bicyclic) bond motifs is 2. The lowest BCUT2D eigenvalue weighted by atomic mass is 10.0. The molecule has 0 saturated carbocycles. The maximum atomic E-state index is 11.8. The summed E-state index contributed by atoms with van der Waals surface area (Å²) in [6, 6.07) is 5.60. The zero-order valence-electron chi connectivity index (χ0n) is 13.7. The van der Waals surface area contributed by atoms with Crippen molar-refractivity contribution in [1.29, 1.82) is 0 Å². The Hall–Kier alpha value is -4.00. The molecule has 0 radical (unpaired) electrons. The molecule has 4 rings (SSSR count). The third-order valence-electron chi connectivity index (χ3n) is 4.21. The van der Waals surface area contributed by atoms with E-state index >= 15 is 0 Å². The highest BCUT2D eigenvalue weighted by Gasteiger charge is 2.33. The molecule has 2 aliphatic heterocycles. The van der Waals surface area contributed by atoms with Gasteiger partial charge < -0.3 is 14.2 Å². The first-order valence-electron chi connectivity index (χ1n) is 7.74. The van der Waals surface area contributed by atoms with Gasteiger partial charge in [-0.15, -0.1) is 0 Å². The van der Waals surface area contributed by atoms with E-state index in [1.807, 2.05) is 0 Å². The molecular formula is C20H10O7. The smallest absolute Gasteiger partial charge is 0.347 e. The summed E-state index contributed by atoms with van der Waals surface area (Å²) in [5.41, 5.74) is 1.25. The summed E-state index contributed by atoms with van der Waals surface area (Å²) in [7, 11) is 0. The molecule has 2 aromatic carbocycles. The maximum absolute atomic E-state index is 11.8. The number of cyclic esters (lactones) is 4.